The first-order chi connectivity index (χ1) is 17.8. The number of unbranched alkanes of at least 4 members (excludes halogenated alkanes) is 11. The number of aromatic nitrogens is 2. The Morgan fingerprint density at radius 1 is 0.639 bits per heavy atom. The van der Waals surface area contributed by atoms with E-state index >= 15 is 0 Å². The van der Waals surface area contributed by atoms with Crippen molar-refractivity contribution in [3.05, 3.63) is 36.7 Å². The van der Waals surface area contributed by atoms with Gasteiger partial charge in [0.1, 0.15) is 5.75 Å². The SMILES string of the molecule is CCCCCCCCCOc1cnc(-c2ccc(OCCCCCCCCC3CCCC3)cc2)nc1. The average Bonchev–Trinajstić information content (AvgIpc) is 3.44. The number of hydrogen-bond acceptors (Lipinski definition) is 4. The lowest BCUT2D eigenvalue weighted by atomic mass is 9.99. The molecule has 3 rings (SSSR count). The van der Waals surface area contributed by atoms with E-state index in [0.29, 0.717) is 0 Å². The van der Waals surface area contributed by atoms with E-state index in [4.69, 9.17) is 9.47 Å². The van der Waals surface area contributed by atoms with Crippen molar-refractivity contribution >= 4 is 0 Å². The Morgan fingerprint density at radius 2 is 1.17 bits per heavy atom. The molecule has 1 aliphatic carbocycles. The van der Waals surface area contributed by atoms with E-state index in [-0.39, 0.29) is 0 Å². The molecule has 1 aromatic carbocycles. The van der Waals surface area contributed by atoms with E-state index in [9.17, 15) is 0 Å². The Hall–Kier alpha value is -2.10. The second-order valence-electron chi connectivity index (χ2n) is 10.6. The second kappa shape index (κ2) is 18.2. The molecule has 0 amide bonds. The van der Waals surface area contributed by atoms with Crippen LogP contribution in [0.4, 0.5) is 0 Å². The first-order valence-corrected chi connectivity index (χ1v) is 15.0. The lowest BCUT2D eigenvalue weighted by Gasteiger charge is -2.09. The van der Waals surface area contributed by atoms with Crippen molar-refractivity contribution in [3.8, 4) is 22.9 Å². The third-order valence-electron chi connectivity index (χ3n) is 7.51. The molecule has 0 N–H and O–H groups in total. The summed E-state index contributed by atoms with van der Waals surface area (Å²) in [6, 6.07) is 8.11. The van der Waals surface area contributed by atoms with Gasteiger partial charge in [-0.2, -0.15) is 0 Å². The molecule has 4 heteroatoms. The molecule has 0 atom stereocenters. The quantitative estimate of drug-likeness (QED) is 0.172. The van der Waals surface area contributed by atoms with Crippen LogP contribution in [0.25, 0.3) is 11.4 Å². The predicted octanol–water partition coefficient (Wildman–Crippen LogP) is 9.57. The number of nitrogens with zero attached hydrogens (tertiary/aromatic N) is 2. The van der Waals surface area contributed by atoms with Crippen molar-refractivity contribution in [1.29, 1.82) is 0 Å². The summed E-state index contributed by atoms with van der Waals surface area (Å²) in [4.78, 5) is 8.98. The van der Waals surface area contributed by atoms with Crippen molar-refractivity contribution in [2.75, 3.05) is 13.2 Å². The molecule has 2 aromatic rings. The molecular formula is C32H50N2O2. The zero-order valence-corrected chi connectivity index (χ0v) is 22.9. The maximum Gasteiger partial charge on any atom is 0.159 e. The molecule has 1 saturated carbocycles. The fourth-order valence-electron chi connectivity index (χ4n) is 5.22. The highest BCUT2D eigenvalue weighted by Gasteiger charge is 2.13. The fraction of sp³-hybridized carbons (Fsp3) is 0.688. The summed E-state index contributed by atoms with van der Waals surface area (Å²) in [7, 11) is 0. The summed E-state index contributed by atoms with van der Waals surface area (Å²) < 4.78 is 11.8. The zero-order valence-electron chi connectivity index (χ0n) is 22.9. The topological polar surface area (TPSA) is 44.2 Å². The molecule has 0 unspecified atom stereocenters. The van der Waals surface area contributed by atoms with E-state index < -0.39 is 0 Å². The van der Waals surface area contributed by atoms with Crippen LogP contribution in [0.2, 0.25) is 0 Å². The normalized spacial score (nSPS) is 13.8. The van der Waals surface area contributed by atoms with Gasteiger partial charge in [0, 0.05) is 5.56 Å². The van der Waals surface area contributed by atoms with Gasteiger partial charge in [0.15, 0.2) is 11.6 Å². The van der Waals surface area contributed by atoms with Crippen LogP contribution in [-0.2, 0) is 0 Å². The predicted molar refractivity (Wildman–Crippen MR) is 151 cm³/mol. The third-order valence-corrected chi connectivity index (χ3v) is 7.51. The molecule has 0 aliphatic heterocycles. The Balaban J connectivity index is 1.21. The Bertz CT molecular complexity index is 785. The number of benzene rings is 1. The molecule has 1 heterocycles. The molecule has 4 nitrogen and oxygen atoms in total. The van der Waals surface area contributed by atoms with Gasteiger partial charge < -0.3 is 9.47 Å². The largest absolute Gasteiger partial charge is 0.494 e. The minimum atomic E-state index is 0.720. The molecular weight excluding hydrogens is 444 g/mol. The lowest BCUT2D eigenvalue weighted by Crippen LogP contribution is -1.99. The van der Waals surface area contributed by atoms with Crippen molar-refractivity contribution in [1.82, 2.24) is 9.97 Å². The van der Waals surface area contributed by atoms with Crippen LogP contribution in [0, 0.1) is 5.92 Å². The first-order valence-electron chi connectivity index (χ1n) is 15.0. The van der Waals surface area contributed by atoms with Crippen LogP contribution < -0.4 is 9.47 Å². The molecule has 1 fully saturated rings. The summed E-state index contributed by atoms with van der Waals surface area (Å²) >= 11 is 0. The van der Waals surface area contributed by atoms with Gasteiger partial charge in [-0.3, -0.25) is 0 Å². The van der Waals surface area contributed by atoms with Gasteiger partial charge in [-0.15, -0.1) is 0 Å². The molecule has 1 aliphatic rings. The van der Waals surface area contributed by atoms with Crippen LogP contribution in [0.15, 0.2) is 36.7 Å². The molecule has 36 heavy (non-hydrogen) atoms. The van der Waals surface area contributed by atoms with Crippen molar-refractivity contribution in [2.45, 2.75) is 122 Å². The van der Waals surface area contributed by atoms with Crippen LogP contribution >= 0.6 is 0 Å². The first kappa shape index (κ1) is 28.5. The summed E-state index contributed by atoms with van der Waals surface area (Å²) in [6.07, 6.45) is 27.9. The van der Waals surface area contributed by atoms with Gasteiger partial charge in [-0.25, -0.2) is 9.97 Å². The monoisotopic (exact) mass is 494 g/mol. The Kier molecular flexibility index (Phi) is 14.4. The zero-order chi connectivity index (χ0) is 25.1. The summed E-state index contributed by atoms with van der Waals surface area (Å²) in [5, 5.41) is 0. The van der Waals surface area contributed by atoms with E-state index in [1.807, 2.05) is 24.3 Å². The Morgan fingerprint density at radius 3 is 1.78 bits per heavy atom. The molecule has 1 aromatic heterocycles. The van der Waals surface area contributed by atoms with Crippen LogP contribution in [0.3, 0.4) is 0 Å². The highest BCUT2D eigenvalue weighted by atomic mass is 16.5. The van der Waals surface area contributed by atoms with Crippen LogP contribution in [0.5, 0.6) is 11.5 Å². The minimum absolute atomic E-state index is 0.720. The smallest absolute Gasteiger partial charge is 0.159 e. The molecule has 0 spiro atoms. The van der Waals surface area contributed by atoms with E-state index in [1.165, 1.54) is 103 Å². The maximum absolute atomic E-state index is 5.94. The van der Waals surface area contributed by atoms with Gasteiger partial charge in [-0.05, 0) is 43.0 Å². The molecule has 0 radical (unpaired) electrons. The van der Waals surface area contributed by atoms with Crippen LogP contribution in [-0.4, -0.2) is 23.2 Å². The molecule has 200 valence electrons. The minimum Gasteiger partial charge on any atom is -0.494 e. The summed E-state index contributed by atoms with van der Waals surface area (Å²) in [5.41, 5.74) is 0.999. The standard InChI is InChI=1S/C32H50N2O2/c1-2-3-4-5-7-10-16-25-36-31-26-33-32(34-27-31)29-20-22-30(23-21-29)35-24-15-11-8-6-9-12-17-28-18-13-14-19-28/h20-23,26-28H,2-19,24-25H2,1H3. The van der Waals surface area contributed by atoms with Gasteiger partial charge in [0.2, 0.25) is 0 Å². The van der Waals surface area contributed by atoms with Crippen LogP contribution in [0.1, 0.15) is 122 Å². The number of ether oxygens (including phenoxy) is 2. The van der Waals surface area contributed by atoms with Crippen molar-refractivity contribution in [3.63, 3.8) is 0 Å². The lowest BCUT2D eigenvalue weighted by molar-refractivity contribution is 0.302. The summed E-state index contributed by atoms with van der Waals surface area (Å²) in [6.45, 7) is 3.79. The third kappa shape index (κ3) is 11.8. The molecule has 0 saturated heterocycles. The average molecular weight is 495 g/mol. The van der Waals surface area contributed by atoms with Crippen molar-refractivity contribution < 1.29 is 9.47 Å². The Labute approximate surface area is 220 Å². The maximum atomic E-state index is 5.94. The van der Waals surface area contributed by atoms with E-state index in [1.54, 1.807) is 12.4 Å². The van der Waals surface area contributed by atoms with Gasteiger partial charge in [-0.1, -0.05) is 110 Å². The highest BCUT2D eigenvalue weighted by molar-refractivity contribution is 5.56. The highest BCUT2D eigenvalue weighted by Crippen LogP contribution is 2.29. The number of hydrogen-bond donors (Lipinski definition) is 0. The fourth-order valence-corrected chi connectivity index (χ4v) is 5.22. The summed E-state index contributed by atoms with van der Waals surface area (Å²) in [5.74, 6) is 3.44. The van der Waals surface area contributed by atoms with Gasteiger partial charge >= 0.3 is 0 Å². The second-order valence-corrected chi connectivity index (χ2v) is 10.6. The van der Waals surface area contributed by atoms with Crippen molar-refractivity contribution in [2.24, 2.45) is 5.92 Å². The van der Waals surface area contributed by atoms with Gasteiger partial charge in [0.05, 0.1) is 25.6 Å². The number of rotatable bonds is 20. The molecule has 0 bridgehead atoms. The van der Waals surface area contributed by atoms with Gasteiger partial charge in [0.25, 0.3) is 0 Å². The van der Waals surface area contributed by atoms with E-state index in [2.05, 4.69) is 16.9 Å². The van der Waals surface area contributed by atoms with E-state index in [0.717, 1.165) is 54.9 Å².